The normalized spacial score (nSPS) is 27.7. The van der Waals surface area contributed by atoms with Crippen molar-refractivity contribution in [2.24, 2.45) is 5.41 Å². The number of nitrogens with zero attached hydrogens (tertiary/aromatic N) is 2. The summed E-state index contributed by atoms with van der Waals surface area (Å²) in [6.07, 6.45) is 4.86. The highest BCUT2D eigenvalue weighted by atomic mass is 32.1. The maximum atomic E-state index is 12.5. The van der Waals surface area contributed by atoms with Crippen LogP contribution in [-0.2, 0) is 0 Å². The predicted octanol–water partition coefficient (Wildman–Crippen LogP) is 2.06. The van der Waals surface area contributed by atoms with Gasteiger partial charge in [0.05, 0.1) is 5.01 Å². The first-order valence-corrected chi connectivity index (χ1v) is 7.99. The van der Waals surface area contributed by atoms with E-state index in [1.165, 1.54) is 19.3 Å². The molecular weight excluding hydrogens is 258 g/mol. The molecule has 0 bridgehead atoms. The number of likely N-dealkylation sites (tertiary alicyclic amines) is 1. The first-order chi connectivity index (χ1) is 9.19. The average molecular weight is 279 g/mol. The summed E-state index contributed by atoms with van der Waals surface area (Å²) in [7, 11) is 0. The molecule has 1 atom stereocenters. The second kappa shape index (κ2) is 5.21. The third kappa shape index (κ3) is 2.67. The maximum Gasteiger partial charge on any atom is 0.273 e. The van der Waals surface area contributed by atoms with E-state index >= 15 is 0 Å². The van der Waals surface area contributed by atoms with Crippen LogP contribution in [0.3, 0.4) is 0 Å². The van der Waals surface area contributed by atoms with Crippen molar-refractivity contribution < 1.29 is 4.79 Å². The van der Waals surface area contributed by atoms with Gasteiger partial charge in [0.2, 0.25) is 0 Å². The smallest absolute Gasteiger partial charge is 0.273 e. The Morgan fingerprint density at radius 3 is 3.00 bits per heavy atom. The molecule has 3 rings (SSSR count). The molecule has 0 saturated carbocycles. The van der Waals surface area contributed by atoms with Crippen molar-refractivity contribution in [3.05, 3.63) is 16.1 Å². The van der Waals surface area contributed by atoms with Gasteiger partial charge < -0.3 is 10.2 Å². The topological polar surface area (TPSA) is 45.2 Å². The second-order valence-corrected chi connectivity index (χ2v) is 6.92. The number of aryl methyl sites for hydroxylation is 1. The minimum atomic E-state index is 0.119. The number of hydrogen-bond donors (Lipinski definition) is 1. The molecular formula is C14H21N3OS. The zero-order valence-corrected chi connectivity index (χ0v) is 12.3. The van der Waals surface area contributed by atoms with Gasteiger partial charge in [-0.3, -0.25) is 4.79 Å². The van der Waals surface area contributed by atoms with Crippen molar-refractivity contribution in [2.75, 3.05) is 26.2 Å². The first kappa shape index (κ1) is 13.1. The molecule has 2 aliphatic heterocycles. The van der Waals surface area contributed by atoms with Crippen molar-refractivity contribution >= 4 is 17.2 Å². The minimum Gasteiger partial charge on any atom is -0.337 e. The van der Waals surface area contributed by atoms with Gasteiger partial charge in [0.1, 0.15) is 5.69 Å². The predicted molar refractivity (Wildman–Crippen MR) is 76.5 cm³/mol. The van der Waals surface area contributed by atoms with Crippen LogP contribution in [0.25, 0.3) is 0 Å². The summed E-state index contributed by atoms with van der Waals surface area (Å²) in [5.74, 6) is 0.119. The lowest BCUT2D eigenvalue weighted by atomic mass is 9.74. The Bertz CT molecular complexity index is 460. The summed E-state index contributed by atoms with van der Waals surface area (Å²) >= 11 is 1.55. The number of aromatic nitrogens is 1. The lowest BCUT2D eigenvalue weighted by Crippen LogP contribution is -2.52. The fourth-order valence-corrected chi connectivity index (χ4v) is 3.97. The average Bonchev–Trinajstić information content (AvgIpc) is 2.85. The van der Waals surface area contributed by atoms with E-state index < -0.39 is 0 Å². The van der Waals surface area contributed by atoms with Crippen LogP contribution in [0.5, 0.6) is 0 Å². The summed E-state index contributed by atoms with van der Waals surface area (Å²) in [5.41, 5.74) is 0.945. The van der Waals surface area contributed by atoms with Gasteiger partial charge in [-0.25, -0.2) is 4.98 Å². The molecule has 0 aliphatic carbocycles. The van der Waals surface area contributed by atoms with Crippen molar-refractivity contribution in [1.29, 1.82) is 0 Å². The summed E-state index contributed by atoms with van der Waals surface area (Å²) in [6, 6.07) is 0. The summed E-state index contributed by atoms with van der Waals surface area (Å²) in [6.45, 7) is 5.92. The third-order valence-corrected chi connectivity index (χ3v) is 5.12. The van der Waals surface area contributed by atoms with E-state index in [0.29, 0.717) is 11.1 Å². The summed E-state index contributed by atoms with van der Waals surface area (Å²) in [4.78, 5) is 18.8. The van der Waals surface area contributed by atoms with E-state index in [2.05, 4.69) is 10.3 Å². The number of carbonyl (C=O) groups is 1. The molecule has 5 heteroatoms. The van der Waals surface area contributed by atoms with Crippen molar-refractivity contribution in [1.82, 2.24) is 15.2 Å². The molecule has 2 saturated heterocycles. The molecule has 2 fully saturated rings. The highest BCUT2D eigenvalue weighted by Crippen LogP contribution is 2.36. The van der Waals surface area contributed by atoms with Crippen LogP contribution in [0.1, 0.15) is 41.2 Å². The van der Waals surface area contributed by atoms with Crippen molar-refractivity contribution in [2.45, 2.75) is 32.6 Å². The fourth-order valence-electron chi connectivity index (χ4n) is 3.38. The second-order valence-electron chi connectivity index (χ2n) is 5.86. The van der Waals surface area contributed by atoms with E-state index in [-0.39, 0.29) is 5.91 Å². The van der Waals surface area contributed by atoms with Gasteiger partial charge in [-0.15, -0.1) is 11.3 Å². The largest absolute Gasteiger partial charge is 0.337 e. The molecule has 1 aromatic rings. The van der Waals surface area contributed by atoms with E-state index in [9.17, 15) is 4.79 Å². The Labute approximate surface area is 118 Å². The molecule has 2 aliphatic rings. The van der Waals surface area contributed by atoms with Gasteiger partial charge >= 0.3 is 0 Å². The van der Waals surface area contributed by atoms with Crippen LogP contribution in [0.4, 0.5) is 0 Å². The van der Waals surface area contributed by atoms with E-state index in [1.807, 2.05) is 17.2 Å². The molecule has 1 spiro atoms. The molecule has 19 heavy (non-hydrogen) atoms. The number of thiazole rings is 1. The fraction of sp³-hybridized carbons (Fsp3) is 0.714. The molecule has 1 amide bonds. The number of piperidine rings is 2. The summed E-state index contributed by atoms with van der Waals surface area (Å²) < 4.78 is 0. The monoisotopic (exact) mass is 279 g/mol. The van der Waals surface area contributed by atoms with E-state index in [1.54, 1.807) is 11.3 Å². The molecule has 1 aromatic heterocycles. The number of amides is 1. The Morgan fingerprint density at radius 2 is 2.32 bits per heavy atom. The Morgan fingerprint density at radius 1 is 1.47 bits per heavy atom. The SMILES string of the molecule is Cc1nc(C(=O)N2CCCC3(CCCNC3)C2)cs1. The number of hydrogen-bond acceptors (Lipinski definition) is 4. The molecule has 0 radical (unpaired) electrons. The quantitative estimate of drug-likeness (QED) is 0.856. The van der Waals surface area contributed by atoms with Crippen LogP contribution >= 0.6 is 11.3 Å². The van der Waals surface area contributed by atoms with Gasteiger partial charge in [0.15, 0.2) is 0 Å². The Kier molecular flexibility index (Phi) is 3.58. The molecule has 3 heterocycles. The molecule has 104 valence electrons. The third-order valence-electron chi connectivity index (χ3n) is 4.35. The van der Waals surface area contributed by atoms with Crippen LogP contribution in [-0.4, -0.2) is 42.0 Å². The number of rotatable bonds is 1. The van der Waals surface area contributed by atoms with Gasteiger partial charge in [-0.05, 0) is 39.2 Å². The lowest BCUT2D eigenvalue weighted by molar-refractivity contribution is 0.0429. The van der Waals surface area contributed by atoms with Crippen LogP contribution in [0.2, 0.25) is 0 Å². The number of nitrogens with one attached hydrogen (secondary N) is 1. The van der Waals surface area contributed by atoms with Crippen LogP contribution in [0, 0.1) is 12.3 Å². The van der Waals surface area contributed by atoms with E-state index in [0.717, 1.165) is 37.6 Å². The minimum absolute atomic E-state index is 0.119. The lowest BCUT2D eigenvalue weighted by Gasteiger charge is -2.45. The zero-order valence-electron chi connectivity index (χ0n) is 11.4. The zero-order chi connectivity index (χ0) is 13.3. The van der Waals surface area contributed by atoms with Gasteiger partial charge in [-0.1, -0.05) is 0 Å². The standard InChI is InChI=1S/C14H21N3OS/c1-11-16-12(8-19-11)13(18)17-7-3-5-14(10-17)4-2-6-15-9-14/h8,15H,2-7,9-10H2,1H3. The van der Waals surface area contributed by atoms with Crippen molar-refractivity contribution in [3.8, 4) is 0 Å². The molecule has 4 nitrogen and oxygen atoms in total. The highest BCUT2D eigenvalue weighted by Gasteiger charge is 2.38. The maximum absolute atomic E-state index is 12.5. The molecule has 0 aromatic carbocycles. The Hall–Kier alpha value is -0.940. The van der Waals surface area contributed by atoms with E-state index in [4.69, 9.17) is 0 Å². The van der Waals surface area contributed by atoms with Gasteiger partial charge in [0, 0.05) is 30.4 Å². The van der Waals surface area contributed by atoms with Crippen LogP contribution in [0.15, 0.2) is 5.38 Å². The molecule has 1 N–H and O–H groups in total. The van der Waals surface area contributed by atoms with Gasteiger partial charge in [0.25, 0.3) is 5.91 Å². The van der Waals surface area contributed by atoms with Gasteiger partial charge in [-0.2, -0.15) is 0 Å². The van der Waals surface area contributed by atoms with Crippen LogP contribution < -0.4 is 5.32 Å². The first-order valence-electron chi connectivity index (χ1n) is 7.11. The van der Waals surface area contributed by atoms with Crippen molar-refractivity contribution in [3.63, 3.8) is 0 Å². The number of carbonyl (C=O) groups excluding carboxylic acids is 1. The highest BCUT2D eigenvalue weighted by molar-refractivity contribution is 7.09. The molecule has 1 unspecified atom stereocenters. The Balaban J connectivity index is 1.72. The summed E-state index contributed by atoms with van der Waals surface area (Å²) in [5, 5.41) is 6.35.